The molecule has 5 nitrogen and oxygen atoms in total. The van der Waals surface area contributed by atoms with Gasteiger partial charge in [-0.1, -0.05) is 26.0 Å². The molecule has 0 aliphatic carbocycles. The van der Waals surface area contributed by atoms with Crippen molar-refractivity contribution < 1.29 is 19.0 Å². The van der Waals surface area contributed by atoms with Gasteiger partial charge in [0, 0.05) is 25.9 Å². The highest BCUT2D eigenvalue weighted by Gasteiger charge is 2.40. The van der Waals surface area contributed by atoms with Crippen molar-refractivity contribution in [2.24, 2.45) is 0 Å². The zero-order valence-corrected chi connectivity index (χ0v) is 14.6. The molecular formula is C19H27NO4. The average molecular weight is 333 g/mol. The summed E-state index contributed by atoms with van der Waals surface area (Å²) >= 11 is 0. The van der Waals surface area contributed by atoms with Gasteiger partial charge < -0.3 is 19.1 Å². The summed E-state index contributed by atoms with van der Waals surface area (Å²) in [5.74, 6) is 1.04. The number of nitrogens with zero attached hydrogens (tertiary/aromatic N) is 1. The quantitative estimate of drug-likeness (QED) is 0.831. The van der Waals surface area contributed by atoms with Gasteiger partial charge in [-0.25, -0.2) is 0 Å². The minimum Gasteiger partial charge on any atom is -0.493 e. The molecule has 2 aliphatic rings. The summed E-state index contributed by atoms with van der Waals surface area (Å²) in [6, 6.07) is 8.10. The second kappa shape index (κ2) is 7.53. The molecule has 1 aromatic carbocycles. The molecule has 0 N–H and O–H groups in total. The number of benzene rings is 1. The molecule has 0 radical (unpaired) electrons. The lowest BCUT2D eigenvalue weighted by Crippen LogP contribution is -2.47. The zero-order chi connectivity index (χ0) is 17.0. The van der Waals surface area contributed by atoms with E-state index in [4.69, 9.17) is 14.2 Å². The van der Waals surface area contributed by atoms with Gasteiger partial charge in [0.2, 0.25) is 5.91 Å². The molecule has 1 amide bonds. The monoisotopic (exact) mass is 333 g/mol. The van der Waals surface area contributed by atoms with Crippen molar-refractivity contribution in [3.8, 4) is 5.75 Å². The van der Waals surface area contributed by atoms with Gasteiger partial charge in [-0.05, 0) is 23.6 Å². The summed E-state index contributed by atoms with van der Waals surface area (Å²) in [4.78, 5) is 14.2. The zero-order valence-electron chi connectivity index (χ0n) is 14.6. The Balaban J connectivity index is 1.39. The Labute approximate surface area is 143 Å². The summed E-state index contributed by atoms with van der Waals surface area (Å²) in [6.45, 7) is 7.46. The van der Waals surface area contributed by atoms with Gasteiger partial charge in [0.25, 0.3) is 0 Å². The van der Waals surface area contributed by atoms with E-state index < -0.39 is 5.79 Å². The van der Waals surface area contributed by atoms with Crippen LogP contribution in [0, 0.1) is 0 Å². The lowest BCUT2D eigenvalue weighted by molar-refractivity contribution is -0.187. The first-order valence-corrected chi connectivity index (χ1v) is 8.86. The molecule has 5 heteroatoms. The van der Waals surface area contributed by atoms with E-state index in [9.17, 15) is 4.79 Å². The van der Waals surface area contributed by atoms with Crippen LogP contribution < -0.4 is 4.74 Å². The van der Waals surface area contributed by atoms with E-state index in [1.165, 1.54) is 5.56 Å². The number of hydrogen-bond acceptors (Lipinski definition) is 4. The topological polar surface area (TPSA) is 48.0 Å². The summed E-state index contributed by atoms with van der Waals surface area (Å²) in [5, 5.41) is 0. The number of amides is 1. The first-order valence-electron chi connectivity index (χ1n) is 8.86. The van der Waals surface area contributed by atoms with Crippen LogP contribution in [-0.4, -0.2) is 49.5 Å². The Kier molecular flexibility index (Phi) is 5.41. The SMILES string of the molecule is CC(C)c1ccc(OCCC(=O)N2CCC3(CC2)OCCO3)cc1. The Hall–Kier alpha value is -1.59. The smallest absolute Gasteiger partial charge is 0.226 e. The molecule has 1 spiro atoms. The third-order valence-electron chi connectivity index (χ3n) is 4.82. The Morgan fingerprint density at radius 2 is 1.79 bits per heavy atom. The molecule has 2 aliphatic heterocycles. The van der Waals surface area contributed by atoms with E-state index in [0.717, 1.165) is 18.6 Å². The maximum Gasteiger partial charge on any atom is 0.226 e. The van der Waals surface area contributed by atoms with Crippen molar-refractivity contribution in [1.29, 1.82) is 0 Å². The molecule has 2 saturated heterocycles. The normalized spacial score (nSPS) is 19.9. The van der Waals surface area contributed by atoms with E-state index in [2.05, 4.69) is 26.0 Å². The molecule has 0 bridgehead atoms. The molecule has 2 heterocycles. The molecule has 1 aromatic rings. The number of piperidine rings is 1. The summed E-state index contributed by atoms with van der Waals surface area (Å²) in [5.41, 5.74) is 1.29. The minimum atomic E-state index is -0.425. The van der Waals surface area contributed by atoms with Gasteiger partial charge in [0.1, 0.15) is 5.75 Å². The van der Waals surface area contributed by atoms with E-state index >= 15 is 0 Å². The highest BCUT2D eigenvalue weighted by atomic mass is 16.7. The predicted octanol–water partition coefficient (Wildman–Crippen LogP) is 2.94. The van der Waals surface area contributed by atoms with E-state index in [1.807, 2.05) is 17.0 Å². The van der Waals surface area contributed by atoms with Crippen LogP contribution in [0.25, 0.3) is 0 Å². The maximum absolute atomic E-state index is 12.3. The summed E-state index contributed by atoms with van der Waals surface area (Å²) in [6.07, 6.45) is 1.92. The predicted molar refractivity (Wildman–Crippen MR) is 91.1 cm³/mol. The van der Waals surface area contributed by atoms with Crippen molar-refractivity contribution in [3.05, 3.63) is 29.8 Å². The molecule has 3 rings (SSSR count). The van der Waals surface area contributed by atoms with Gasteiger partial charge in [-0.15, -0.1) is 0 Å². The van der Waals surface area contributed by atoms with Crippen LogP contribution in [-0.2, 0) is 14.3 Å². The number of carbonyl (C=O) groups excluding carboxylic acids is 1. The van der Waals surface area contributed by atoms with Crippen molar-refractivity contribution in [3.63, 3.8) is 0 Å². The van der Waals surface area contributed by atoms with Crippen LogP contribution in [0.3, 0.4) is 0 Å². The minimum absolute atomic E-state index is 0.140. The van der Waals surface area contributed by atoms with Crippen LogP contribution in [0.2, 0.25) is 0 Å². The molecule has 24 heavy (non-hydrogen) atoms. The van der Waals surface area contributed by atoms with Crippen molar-refractivity contribution >= 4 is 5.91 Å². The number of rotatable bonds is 5. The molecule has 132 valence electrons. The molecule has 0 unspecified atom stereocenters. The first kappa shape index (κ1) is 17.2. The molecule has 0 saturated carbocycles. The lowest BCUT2D eigenvalue weighted by Gasteiger charge is -2.37. The Morgan fingerprint density at radius 1 is 1.17 bits per heavy atom. The van der Waals surface area contributed by atoms with Crippen LogP contribution in [0.4, 0.5) is 0 Å². The molecule has 0 atom stereocenters. The molecule has 2 fully saturated rings. The van der Waals surface area contributed by atoms with Gasteiger partial charge >= 0.3 is 0 Å². The fraction of sp³-hybridized carbons (Fsp3) is 0.632. The van der Waals surface area contributed by atoms with Crippen molar-refractivity contribution in [2.75, 3.05) is 32.9 Å². The lowest BCUT2D eigenvalue weighted by atomic mass is 10.0. The van der Waals surface area contributed by atoms with Crippen LogP contribution in [0.15, 0.2) is 24.3 Å². The highest BCUT2D eigenvalue weighted by Crippen LogP contribution is 2.31. The van der Waals surface area contributed by atoms with Crippen molar-refractivity contribution in [2.45, 2.75) is 44.8 Å². The largest absolute Gasteiger partial charge is 0.493 e. The van der Waals surface area contributed by atoms with Crippen LogP contribution >= 0.6 is 0 Å². The second-order valence-electron chi connectivity index (χ2n) is 6.81. The van der Waals surface area contributed by atoms with E-state index in [0.29, 0.717) is 45.2 Å². The summed E-state index contributed by atoms with van der Waals surface area (Å²) < 4.78 is 17.1. The van der Waals surface area contributed by atoms with Crippen LogP contribution in [0.1, 0.15) is 44.6 Å². The van der Waals surface area contributed by atoms with E-state index in [-0.39, 0.29) is 5.91 Å². The maximum atomic E-state index is 12.3. The number of ether oxygens (including phenoxy) is 3. The molecule has 0 aromatic heterocycles. The van der Waals surface area contributed by atoms with Crippen LogP contribution in [0.5, 0.6) is 5.75 Å². The number of likely N-dealkylation sites (tertiary alicyclic amines) is 1. The Bertz CT molecular complexity index is 539. The molecular weight excluding hydrogens is 306 g/mol. The van der Waals surface area contributed by atoms with Gasteiger partial charge in [-0.2, -0.15) is 0 Å². The standard InChI is InChI=1S/C19H27NO4/c1-15(2)16-3-5-17(6-4-16)22-12-7-18(21)20-10-8-19(9-11-20)23-13-14-24-19/h3-6,15H,7-14H2,1-2H3. The summed E-state index contributed by atoms with van der Waals surface area (Å²) in [7, 11) is 0. The van der Waals surface area contributed by atoms with Gasteiger partial charge in [0.05, 0.1) is 26.2 Å². The Morgan fingerprint density at radius 3 is 2.38 bits per heavy atom. The van der Waals surface area contributed by atoms with Crippen molar-refractivity contribution in [1.82, 2.24) is 4.90 Å². The van der Waals surface area contributed by atoms with E-state index in [1.54, 1.807) is 0 Å². The van der Waals surface area contributed by atoms with Gasteiger partial charge in [-0.3, -0.25) is 4.79 Å². The fourth-order valence-electron chi connectivity index (χ4n) is 3.25. The fourth-order valence-corrected chi connectivity index (χ4v) is 3.25. The second-order valence-corrected chi connectivity index (χ2v) is 6.81. The number of hydrogen-bond donors (Lipinski definition) is 0. The average Bonchev–Trinajstić information content (AvgIpc) is 3.04. The first-order chi connectivity index (χ1) is 11.6. The third kappa shape index (κ3) is 4.08. The number of carbonyl (C=O) groups is 1. The van der Waals surface area contributed by atoms with Gasteiger partial charge in [0.15, 0.2) is 5.79 Å². The highest BCUT2D eigenvalue weighted by molar-refractivity contribution is 5.76. The third-order valence-corrected chi connectivity index (χ3v) is 4.82.